The van der Waals surface area contributed by atoms with Crippen LogP contribution in [0.25, 0.3) is 10.9 Å². The lowest BCUT2D eigenvalue weighted by Crippen LogP contribution is -2.40. The predicted octanol–water partition coefficient (Wildman–Crippen LogP) is 2.66. The lowest BCUT2D eigenvalue weighted by atomic mass is 10.2. The second-order valence-electron chi connectivity index (χ2n) is 5.90. The van der Waals surface area contributed by atoms with E-state index in [0.717, 1.165) is 5.56 Å². The van der Waals surface area contributed by atoms with Gasteiger partial charge in [0.25, 0.3) is 0 Å². The Kier molecular flexibility index (Phi) is 4.36. The van der Waals surface area contributed by atoms with Gasteiger partial charge < -0.3 is 5.11 Å². The van der Waals surface area contributed by atoms with Crippen molar-refractivity contribution in [3.8, 4) is 5.75 Å². The lowest BCUT2D eigenvalue weighted by Gasteiger charge is -2.14. The molecule has 0 fully saturated rings. The van der Waals surface area contributed by atoms with E-state index in [1.807, 2.05) is 6.92 Å². The molecule has 2 N–H and O–H groups in total. The Labute approximate surface area is 145 Å². The molecule has 1 aromatic heterocycles. The van der Waals surface area contributed by atoms with E-state index in [2.05, 4.69) is 4.72 Å². The van der Waals surface area contributed by atoms with Crippen molar-refractivity contribution in [2.75, 3.05) is 0 Å². The lowest BCUT2D eigenvalue weighted by molar-refractivity contribution is 0.0884. The number of carbonyl (C=O) groups excluding carboxylic acids is 1. The number of carbonyl (C=O) groups is 1. The molecule has 1 atom stereocenters. The van der Waals surface area contributed by atoms with Gasteiger partial charge in [-0.2, -0.15) is 4.72 Å². The van der Waals surface area contributed by atoms with Gasteiger partial charge >= 0.3 is 0 Å². The van der Waals surface area contributed by atoms with Crippen molar-refractivity contribution in [2.24, 2.45) is 0 Å². The maximum atomic E-state index is 12.7. The van der Waals surface area contributed by atoms with Crippen molar-refractivity contribution in [1.82, 2.24) is 9.29 Å². The average Bonchev–Trinajstić information content (AvgIpc) is 2.91. The summed E-state index contributed by atoms with van der Waals surface area (Å²) in [5, 5.41) is 10.5. The van der Waals surface area contributed by atoms with Gasteiger partial charge in [0, 0.05) is 5.39 Å². The zero-order valence-corrected chi connectivity index (χ0v) is 14.6. The van der Waals surface area contributed by atoms with E-state index in [1.165, 1.54) is 29.8 Å². The predicted molar refractivity (Wildman–Crippen MR) is 95.2 cm³/mol. The van der Waals surface area contributed by atoms with E-state index < -0.39 is 22.0 Å². The molecular formula is C18H18N2O4S. The van der Waals surface area contributed by atoms with E-state index in [9.17, 15) is 18.3 Å². The smallest absolute Gasteiger partial charge is 0.249 e. The summed E-state index contributed by atoms with van der Waals surface area (Å²) in [6.07, 6.45) is 1.30. The monoisotopic (exact) mass is 358 g/mol. The molecule has 0 aliphatic heterocycles. The molecule has 2 aromatic carbocycles. The van der Waals surface area contributed by atoms with Crippen LogP contribution in [-0.2, 0) is 10.0 Å². The Morgan fingerprint density at radius 2 is 1.76 bits per heavy atom. The van der Waals surface area contributed by atoms with E-state index >= 15 is 0 Å². The van der Waals surface area contributed by atoms with Gasteiger partial charge in [-0.15, -0.1) is 0 Å². The number of nitrogens with zero attached hydrogens (tertiary/aromatic N) is 1. The SMILES string of the molecule is Cc1ccc(S(=O)(=O)N[C@H](C)C(=O)n2cc(O)c3ccccc32)cc1. The van der Waals surface area contributed by atoms with Crippen LogP contribution in [0.2, 0.25) is 0 Å². The highest BCUT2D eigenvalue weighted by Gasteiger charge is 2.24. The van der Waals surface area contributed by atoms with E-state index in [1.54, 1.807) is 36.4 Å². The molecule has 3 rings (SSSR count). The zero-order valence-electron chi connectivity index (χ0n) is 13.8. The normalized spacial score (nSPS) is 13.0. The minimum atomic E-state index is -3.82. The van der Waals surface area contributed by atoms with Crippen molar-refractivity contribution in [3.05, 3.63) is 60.3 Å². The Bertz CT molecular complexity index is 1040. The summed E-state index contributed by atoms with van der Waals surface area (Å²) in [4.78, 5) is 12.8. The summed E-state index contributed by atoms with van der Waals surface area (Å²) in [6.45, 7) is 3.33. The van der Waals surface area contributed by atoms with Crippen LogP contribution in [0.15, 0.2) is 59.6 Å². The third-order valence-electron chi connectivity index (χ3n) is 3.96. The first-order valence-electron chi connectivity index (χ1n) is 7.72. The van der Waals surface area contributed by atoms with E-state index in [-0.39, 0.29) is 10.6 Å². The van der Waals surface area contributed by atoms with E-state index in [4.69, 9.17) is 0 Å². The number of benzene rings is 2. The third kappa shape index (κ3) is 3.29. The van der Waals surface area contributed by atoms with Crippen molar-refractivity contribution >= 4 is 26.8 Å². The molecule has 0 bridgehead atoms. The third-order valence-corrected chi connectivity index (χ3v) is 5.52. The molecule has 6 nitrogen and oxygen atoms in total. The fourth-order valence-corrected chi connectivity index (χ4v) is 3.82. The second kappa shape index (κ2) is 6.34. The van der Waals surface area contributed by atoms with Crippen LogP contribution in [0.1, 0.15) is 17.3 Å². The number of aromatic nitrogens is 1. The minimum Gasteiger partial charge on any atom is -0.506 e. The first-order chi connectivity index (χ1) is 11.8. The summed E-state index contributed by atoms with van der Waals surface area (Å²) in [7, 11) is -3.82. The van der Waals surface area contributed by atoms with Gasteiger partial charge in [0.05, 0.1) is 22.7 Å². The first kappa shape index (κ1) is 17.2. The largest absolute Gasteiger partial charge is 0.506 e. The molecule has 0 saturated carbocycles. The van der Waals surface area contributed by atoms with Gasteiger partial charge in [0.2, 0.25) is 15.9 Å². The maximum absolute atomic E-state index is 12.7. The number of sulfonamides is 1. The molecule has 0 aliphatic rings. The molecule has 3 aromatic rings. The van der Waals surface area contributed by atoms with Gasteiger partial charge in [-0.1, -0.05) is 29.8 Å². The molecule has 130 valence electrons. The number of para-hydroxylation sites is 1. The first-order valence-corrected chi connectivity index (χ1v) is 9.20. The second-order valence-corrected chi connectivity index (χ2v) is 7.61. The number of hydrogen-bond donors (Lipinski definition) is 2. The van der Waals surface area contributed by atoms with Crippen molar-refractivity contribution in [3.63, 3.8) is 0 Å². The molecule has 7 heteroatoms. The summed E-state index contributed by atoms with van der Waals surface area (Å²) in [5.74, 6) is -0.510. The van der Waals surface area contributed by atoms with E-state index in [0.29, 0.717) is 10.9 Å². The standard InChI is InChI=1S/C18H18N2O4S/c1-12-7-9-14(10-8-12)25(23,24)19-13(2)18(22)20-11-17(21)15-5-3-4-6-16(15)20/h3-11,13,19,21H,1-2H3/t13-/m1/s1. The summed E-state index contributed by atoms with van der Waals surface area (Å²) < 4.78 is 28.5. The van der Waals surface area contributed by atoms with Gasteiger partial charge in [0.1, 0.15) is 5.75 Å². The molecule has 0 radical (unpaired) electrons. The fraction of sp³-hybridized carbons (Fsp3) is 0.167. The maximum Gasteiger partial charge on any atom is 0.249 e. The summed E-state index contributed by atoms with van der Waals surface area (Å²) >= 11 is 0. The fourth-order valence-electron chi connectivity index (χ4n) is 2.62. The van der Waals surface area contributed by atoms with Gasteiger partial charge in [-0.3, -0.25) is 9.36 Å². The number of hydrogen-bond acceptors (Lipinski definition) is 4. The molecule has 0 spiro atoms. The Hall–Kier alpha value is -2.64. The number of aromatic hydroxyl groups is 1. The van der Waals surface area contributed by atoms with Crippen molar-refractivity contribution in [1.29, 1.82) is 0 Å². The molecule has 1 heterocycles. The highest BCUT2D eigenvalue weighted by atomic mass is 32.2. The number of aryl methyl sites for hydroxylation is 1. The number of fused-ring (bicyclic) bond motifs is 1. The Balaban J connectivity index is 1.88. The molecular weight excluding hydrogens is 340 g/mol. The molecule has 0 saturated heterocycles. The summed E-state index contributed by atoms with van der Waals surface area (Å²) in [5.41, 5.74) is 1.46. The van der Waals surface area contributed by atoms with Crippen LogP contribution in [-0.4, -0.2) is 30.0 Å². The van der Waals surface area contributed by atoms with Crippen LogP contribution < -0.4 is 4.72 Å². The average molecular weight is 358 g/mol. The number of rotatable bonds is 4. The van der Waals surface area contributed by atoms with Crippen LogP contribution >= 0.6 is 0 Å². The van der Waals surface area contributed by atoms with Crippen molar-refractivity contribution in [2.45, 2.75) is 24.8 Å². The van der Waals surface area contributed by atoms with Crippen LogP contribution in [0.5, 0.6) is 5.75 Å². The quantitative estimate of drug-likeness (QED) is 0.750. The molecule has 0 aliphatic carbocycles. The van der Waals surface area contributed by atoms with Crippen LogP contribution in [0.4, 0.5) is 0 Å². The topological polar surface area (TPSA) is 88.4 Å². The van der Waals surface area contributed by atoms with Crippen LogP contribution in [0.3, 0.4) is 0 Å². The van der Waals surface area contributed by atoms with Crippen molar-refractivity contribution < 1.29 is 18.3 Å². The molecule has 0 unspecified atom stereocenters. The zero-order chi connectivity index (χ0) is 18.2. The van der Waals surface area contributed by atoms with Gasteiger partial charge in [-0.05, 0) is 38.1 Å². The Morgan fingerprint density at radius 3 is 2.44 bits per heavy atom. The molecule has 25 heavy (non-hydrogen) atoms. The number of nitrogens with one attached hydrogen (secondary N) is 1. The highest BCUT2D eigenvalue weighted by molar-refractivity contribution is 7.89. The van der Waals surface area contributed by atoms with Gasteiger partial charge in [-0.25, -0.2) is 8.42 Å². The molecule has 0 amide bonds. The minimum absolute atomic E-state index is 0.0301. The Morgan fingerprint density at radius 1 is 1.12 bits per heavy atom. The summed E-state index contributed by atoms with van der Waals surface area (Å²) in [6, 6.07) is 12.2. The highest BCUT2D eigenvalue weighted by Crippen LogP contribution is 2.26. The van der Waals surface area contributed by atoms with Crippen LogP contribution in [0, 0.1) is 6.92 Å². The van der Waals surface area contributed by atoms with Gasteiger partial charge in [0.15, 0.2) is 0 Å².